The van der Waals surface area contributed by atoms with Gasteiger partial charge in [-0.2, -0.15) is 0 Å². The average molecular weight is 333 g/mol. The Kier molecular flexibility index (Phi) is 4.16. The smallest absolute Gasteiger partial charge is 0.315 e. The molecule has 4 rings (SSSR count). The van der Waals surface area contributed by atoms with Crippen LogP contribution < -0.4 is 15.5 Å². The van der Waals surface area contributed by atoms with E-state index in [2.05, 4.69) is 43.7 Å². The van der Waals surface area contributed by atoms with Crippen LogP contribution in [0.1, 0.15) is 5.56 Å². The second-order valence-corrected chi connectivity index (χ2v) is 6.13. The van der Waals surface area contributed by atoms with Gasteiger partial charge >= 0.3 is 6.03 Å². The molecule has 0 radical (unpaired) electrons. The first-order valence-corrected chi connectivity index (χ1v) is 8.31. The van der Waals surface area contributed by atoms with Crippen molar-refractivity contribution in [3.05, 3.63) is 66.6 Å². The van der Waals surface area contributed by atoms with Crippen LogP contribution in [0.15, 0.2) is 61.1 Å². The maximum atomic E-state index is 12.1. The lowest BCUT2D eigenvalue weighted by atomic mass is 10.0. The molecule has 6 nitrogen and oxygen atoms in total. The zero-order chi connectivity index (χ0) is 17.1. The van der Waals surface area contributed by atoms with Crippen molar-refractivity contribution in [2.75, 3.05) is 18.0 Å². The molecular formula is C19H19N5O. The van der Waals surface area contributed by atoms with Crippen molar-refractivity contribution in [3.8, 4) is 0 Å². The van der Waals surface area contributed by atoms with Gasteiger partial charge in [-0.3, -0.25) is 4.98 Å². The number of urea groups is 1. The molecule has 0 atom stereocenters. The summed E-state index contributed by atoms with van der Waals surface area (Å²) in [4.78, 5) is 22.5. The molecule has 2 amide bonds. The minimum atomic E-state index is -0.142. The lowest BCUT2D eigenvalue weighted by Crippen LogP contribution is -2.61. The molecule has 3 aromatic rings. The summed E-state index contributed by atoms with van der Waals surface area (Å²) in [5, 5.41) is 8.29. The predicted octanol–water partition coefficient (Wildman–Crippen LogP) is 2.32. The van der Waals surface area contributed by atoms with Crippen LogP contribution in [0.3, 0.4) is 0 Å². The Morgan fingerprint density at radius 1 is 1.12 bits per heavy atom. The van der Waals surface area contributed by atoms with E-state index in [9.17, 15) is 4.79 Å². The number of benzene rings is 2. The highest BCUT2D eigenvalue weighted by atomic mass is 16.2. The summed E-state index contributed by atoms with van der Waals surface area (Å²) < 4.78 is 0. The van der Waals surface area contributed by atoms with Gasteiger partial charge in [-0.05, 0) is 16.3 Å². The first-order valence-electron chi connectivity index (χ1n) is 8.31. The Balaban J connectivity index is 1.29. The third-order valence-electron chi connectivity index (χ3n) is 4.41. The summed E-state index contributed by atoms with van der Waals surface area (Å²) in [6.45, 7) is 2.01. The van der Waals surface area contributed by atoms with Crippen LogP contribution in [0.4, 0.5) is 10.6 Å². The molecule has 126 valence electrons. The number of anilines is 1. The summed E-state index contributed by atoms with van der Waals surface area (Å²) in [6.07, 6.45) is 5.06. The molecule has 1 aliphatic heterocycles. The third-order valence-corrected chi connectivity index (χ3v) is 4.41. The fraction of sp³-hybridized carbons (Fsp3) is 0.211. The summed E-state index contributed by atoms with van der Waals surface area (Å²) in [5.74, 6) is 0.844. The van der Waals surface area contributed by atoms with E-state index >= 15 is 0 Å². The van der Waals surface area contributed by atoms with Crippen LogP contribution in [0.5, 0.6) is 0 Å². The second-order valence-electron chi connectivity index (χ2n) is 6.13. The van der Waals surface area contributed by atoms with Crippen molar-refractivity contribution in [2.24, 2.45) is 0 Å². The van der Waals surface area contributed by atoms with Crippen LogP contribution in [-0.2, 0) is 6.54 Å². The highest BCUT2D eigenvalue weighted by Crippen LogP contribution is 2.18. The lowest BCUT2D eigenvalue weighted by molar-refractivity contribution is 0.234. The van der Waals surface area contributed by atoms with Gasteiger partial charge in [-0.1, -0.05) is 42.5 Å². The Labute approximate surface area is 145 Å². The number of nitrogens with one attached hydrogen (secondary N) is 2. The Morgan fingerprint density at radius 3 is 2.80 bits per heavy atom. The minimum Gasteiger partial charge on any atom is -0.351 e. The van der Waals surface area contributed by atoms with Gasteiger partial charge in [0, 0.05) is 32.0 Å². The summed E-state index contributed by atoms with van der Waals surface area (Å²) in [5.41, 5.74) is 1.11. The number of aromatic nitrogens is 2. The number of fused-ring (bicyclic) bond motifs is 1. The summed E-state index contributed by atoms with van der Waals surface area (Å²) in [6, 6.07) is 14.3. The number of carbonyl (C=O) groups excluding carboxylic acids is 1. The van der Waals surface area contributed by atoms with Crippen LogP contribution in [0.2, 0.25) is 0 Å². The maximum Gasteiger partial charge on any atom is 0.315 e. The minimum absolute atomic E-state index is 0.134. The average Bonchev–Trinajstić information content (AvgIpc) is 2.63. The van der Waals surface area contributed by atoms with E-state index < -0.39 is 0 Å². The van der Waals surface area contributed by atoms with Crippen molar-refractivity contribution < 1.29 is 4.79 Å². The Morgan fingerprint density at radius 2 is 1.96 bits per heavy atom. The summed E-state index contributed by atoms with van der Waals surface area (Å²) >= 11 is 0. The quantitative estimate of drug-likeness (QED) is 0.769. The zero-order valence-electron chi connectivity index (χ0n) is 13.7. The van der Waals surface area contributed by atoms with E-state index in [1.165, 1.54) is 10.8 Å². The highest BCUT2D eigenvalue weighted by Gasteiger charge is 2.28. The van der Waals surface area contributed by atoms with Gasteiger partial charge in [-0.25, -0.2) is 9.78 Å². The predicted molar refractivity (Wildman–Crippen MR) is 97.4 cm³/mol. The molecule has 0 bridgehead atoms. The van der Waals surface area contributed by atoms with Crippen molar-refractivity contribution in [1.82, 2.24) is 20.6 Å². The largest absolute Gasteiger partial charge is 0.351 e. The fourth-order valence-electron chi connectivity index (χ4n) is 3.07. The van der Waals surface area contributed by atoms with Gasteiger partial charge in [-0.15, -0.1) is 0 Å². The van der Waals surface area contributed by atoms with Gasteiger partial charge < -0.3 is 15.5 Å². The zero-order valence-corrected chi connectivity index (χ0v) is 13.7. The van der Waals surface area contributed by atoms with Crippen molar-refractivity contribution in [1.29, 1.82) is 0 Å². The van der Waals surface area contributed by atoms with Crippen molar-refractivity contribution >= 4 is 22.6 Å². The fourth-order valence-corrected chi connectivity index (χ4v) is 3.07. The molecule has 0 saturated carbocycles. The second kappa shape index (κ2) is 6.76. The monoisotopic (exact) mass is 333 g/mol. The lowest BCUT2D eigenvalue weighted by Gasteiger charge is -2.40. The van der Waals surface area contributed by atoms with E-state index in [4.69, 9.17) is 0 Å². The molecule has 0 unspecified atom stereocenters. The number of carbonyl (C=O) groups is 1. The molecular weight excluding hydrogens is 314 g/mol. The van der Waals surface area contributed by atoms with Crippen LogP contribution in [0.25, 0.3) is 10.8 Å². The molecule has 1 saturated heterocycles. The van der Waals surface area contributed by atoms with E-state index in [0.717, 1.165) is 24.5 Å². The molecule has 1 fully saturated rings. The molecule has 1 aromatic heterocycles. The van der Waals surface area contributed by atoms with Crippen molar-refractivity contribution in [3.63, 3.8) is 0 Å². The third kappa shape index (κ3) is 3.38. The van der Waals surface area contributed by atoms with Crippen LogP contribution in [0, 0.1) is 0 Å². The molecule has 6 heteroatoms. The molecule has 0 spiro atoms. The summed E-state index contributed by atoms with van der Waals surface area (Å²) in [7, 11) is 0. The van der Waals surface area contributed by atoms with Gasteiger partial charge in [0.15, 0.2) is 0 Å². The molecule has 1 aliphatic rings. The van der Waals surface area contributed by atoms with Gasteiger partial charge in [0.25, 0.3) is 0 Å². The highest BCUT2D eigenvalue weighted by molar-refractivity contribution is 5.86. The first-order chi connectivity index (χ1) is 12.3. The molecule has 2 aromatic carbocycles. The number of rotatable bonds is 4. The number of amides is 2. The standard InChI is InChI=1S/C19H19N5O/c25-19(23-16-12-24(13-16)18-11-20-8-9-21-18)22-10-15-6-3-5-14-4-1-2-7-17(14)15/h1-9,11,16H,10,12-13H2,(H2,22,23,25). The first kappa shape index (κ1) is 15.4. The molecule has 2 heterocycles. The van der Waals surface area contributed by atoms with Crippen LogP contribution in [-0.4, -0.2) is 35.1 Å². The van der Waals surface area contributed by atoms with Gasteiger partial charge in [0.05, 0.1) is 12.2 Å². The normalized spacial score (nSPS) is 14.2. The van der Waals surface area contributed by atoms with E-state index in [0.29, 0.717) is 6.54 Å². The number of hydrogen-bond acceptors (Lipinski definition) is 4. The maximum absolute atomic E-state index is 12.1. The van der Waals surface area contributed by atoms with Crippen molar-refractivity contribution in [2.45, 2.75) is 12.6 Å². The van der Waals surface area contributed by atoms with E-state index in [1.807, 2.05) is 24.3 Å². The van der Waals surface area contributed by atoms with Gasteiger partial charge in [0.1, 0.15) is 5.82 Å². The Hall–Kier alpha value is -3.15. The van der Waals surface area contributed by atoms with E-state index in [1.54, 1.807) is 18.6 Å². The topological polar surface area (TPSA) is 70.2 Å². The number of nitrogens with zero attached hydrogens (tertiary/aromatic N) is 3. The van der Waals surface area contributed by atoms with E-state index in [-0.39, 0.29) is 12.1 Å². The molecule has 2 N–H and O–H groups in total. The Bertz CT molecular complexity index is 872. The van der Waals surface area contributed by atoms with Crippen LogP contribution >= 0.6 is 0 Å². The molecule has 0 aliphatic carbocycles. The SMILES string of the molecule is O=C(NCc1cccc2ccccc12)NC1CN(c2cnccn2)C1. The molecule has 25 heavy (non-hydrogen) atoms. The number of hydrogen-bond donors (Lipinski definition) is 2. The van der Waals surface area contributed by atoms with Gasteiger partial charge in [0.2, 0.25) is 0 Å².